The molecule has 0 fully saturated rings. The summed E-state index contributed by atoms with van der Waals surface area (Å²) in [5.74, 6) is -0.169. The van der Waals surface area contributed by atoms with Crippen LogP contribution in [0.4, 0.5) is 0 Å². The van der Waals surface area contributed by atoms with Gasteiger partial charge >= 0.3 is 0 Å². The van der Waals surface area contributed by atoms with E-state index in [-0.39, 0.29) is 5.91 Å². The zero-order chi connectivity index (χ0) is 11.4. The van der Waals surface area contributed by atoms with Crippen LogP contribution in [-0.2, 0) is 4.79 Å². The number of fused-ring (bicyclic) bond motifs is 5. The van der Waals surface area contributed by atoms with Crippen LogP contribution in [-0.4, -0.2) is 10.9 Å². The van der Waals surface area contributed by atoms with Crippen molar-refractivity contribution in [1.29, 1.82) is 0 Å². The van der Waals surface area contributed by atoms with Gasteiger partial charge in [0.2, 0.25) is 0 Å². The highest BCUT2D eigenvalue weighted by Crippen LogP contribution is 2.21. The zero-order valence-corrected chi connectivity index (χ0v) is 8.90. The molecule has 1 aromatic heterocycles. The third-order valence-electron chi connectivity index (χ3n) is 3.18. The summed E-state index contributed by atoms with van der Waals surface area (Å²) in [5.41, 5.74) is 2.10. The molecule has 3 nitrogen and oxygen atoms in total. The Morgan fingerprint density at radius 1 is 1.00 bits per heavy atom. The lowest BCUT2D eigenvalue weighted by Gasteiger charge is -1.90. The molecule has 4 rings (SSSR count). The smallest absolute Gasteiger partial charge is 0.270 e. The number of amides is 1. The first-order chi connectivity index (χ1) is 8.33. The van der Waals surface area contributed by atoms with E-state index in [1.807, 2.05) is 36.4 Å². The predicted molar refractivity (Wildman–Crippen MR) is 66.1 cm³/mol. The molecule has 0 saturated carbocycles. The third-order valence-corrected chi connectivity index (χ3v) is 3.18. The van der Waals surface area contributed by atoms with E-state index >= 15 is 0 Å². The average Bonchev–Trinajstić information content (AvgIpc) is 2.87. The van der Waals surface area contributed by atoms with Crippen molar-refractivity contribution >= 4 is 33.8 Å². The van der Waals surface area contributed by atoms with Crippen molar-refractivity contribution in [2.75, 3.05) is 0 Å². The SMILES string of the molecule is O=C1C=c2ccc3[nH]c4ccccc4c3c2=N1. The fraction of sp³-hybridized carbons (Fsp3) is 0. The minimum atomic E-state index is -0.169. The first kappa shape index (κ1) is 8.70. The van der Waals surface area contributed by atoms with Crippen molar-refractivity contribution in [3.63, 3.8) is 0 Å². The number of hydrogen-bond acceptors (Lipinski definition) is 1. The first-order valence-electron chi connectivity index (χ1n) is 5.47. The van der Waals surface area contributed by atoms with Gasteiger partial charge in [-0.1, -0.05) is 24.3 Å². The Morgan fingerprint density at radius 3 is 2.82 bits per heavy atom. The van der Waals surface area contributed by atoms with Crippen molar-refractivity contribution in [3.8, 4) is 0 Å². The molecule has 0 saturated heterocycles. The molecule has 1 amide bonds. The highest BCUT2D eigenvalue weighted by Gasteiger charge is 2.10. The van der Waals surface area contributed by atoms with E-state index < -0.39 is 0 Å². The fourth-order valence-electron chi connectivity index (χ4n) is 2.45. The lowest BCUT2D eigenvalue weighted by molar-refractivity contribution is -0.112. The number of nitrogens with zero attached hydrogens (tertiary/aromatic N) is 1. The van der Waals surface area contributed by atoms with E-state index in [0.29, 0.717) is 0 Å². The Morgan fingerprint density at radius 2 is 1.88 bits per heavy atom. The number of aromatic amines is 1. The van der Waals surface area contributed by atoms with Crippen LogP contribution in [0.1, 0.15) is 0 Å². The monoisotopic (exact) mass is 220 g/mol. The Labute approximate surface area is 96.1 Å². The van der Waals surface area contributed by atoms with Crippen LogP contribution in [0.5, 0.6) is 0 Å². The fourth-order valence-corrected chi connectivity index (χ4v) is 2.45. The number of para-hydroxylation sites is 1. The summed E-state index contributed by atoms with van der Waals surface area (Å²) in [4.78, 5) is 18.8. The van der Waals surface area contributed by atoms with E-state index in [1.165, 1.54) is 0 Å². The number of aromatic nitrogens is 1. The molecule has 3 heteroatoms. The maximum atomic E-state index is 11.4. The van der Waals surface area contributed by atoms with Gasteiger partial charge in [-0.05, 0) is 12.1 Å². The van der Waals surface area contributed by atoms with Gasteiger partial charge in [-0.3, -0.25) is 4.79 Å². The maximum absolute atomic E-state index is 11.4. The van der Waals surface area contributed by atoms with Crippen LogP contribution in [0, 0.1) is 0 Å². The lowest BCUT2D eigenvalue weighted by Crippen LogP contribution is -2.21. The molecule has 2 aromatic carbocycles. The minimum absolute atomic E-state index is 0.169. The van der Waals surface area contributed by atoms with Gasteiger partial charge in [0.1, 0.15) is 0 Å². The quantitative estimate of drug-likeness (QED) is 0.609. The van der Waals surface area contributed by atoms with Crippen LogP contribution in [0.2, 0.25) is 0 Å². The maximum Gasteiger partial charge on any atom is 0.270 e. The van der Waals surface area contributed by atoms with E-state index in [0.717, 1.165) is 32.4 Å². The van der Waals surface area contributed by atoms with Crippen LogP contribution in [0.3, 0.4) is 0 Å². The number of nitrogens with one attached hydrogen (secondary N) is 1. The summed E-state index contributed by atoms with van der Waals surface area (Å²) in [6, 6.07) is 12.0. The van der Waals surface area contributed by atoms with Gasteiger partial charge in [0, 0.05) is 33.1 Å². The highest BCUT2D eigenvalue weighted by molar-refractivity contribution is 6.11. The molecule has 0 aliphatic carbocycles. The normalized spacial score (nSPS) is 13.8. The van der Waals surface area contributed by atoms with Gasteiger partial charge in [-0.15, -0.1) is 0 Å². The molecule has 80 valence electrons. The molecular formula is C14H8N2O. The summed E-state index contributed by atoms with van der Waals surface area (Å²) in [5, 5.41) is 3.86. The summed E-state index contributed by atoms with van der Waals surface area (Å²) < 4.78 is 0. The molecule has 0 unspecified atom stereocenters. The molecule has 0 radical (unpaired) electrons. The summed E-state index contributed by atoms with van der Waals surface area (Å²) in [6.07, 6.45) is 1.58. The van der Waals surface area contributed by atoms with Gasteiger partial charge < -0.3 is 4.98 Å². The molecular weight excluding hydrogens is 212 g/mol. The predicted octanol–water partition coefficient (Wildman–Crippen LogP) is 1.26. The Bertz CT molecular complexity index is 903. The third kappa shape index (κ3) is 1.05. The number of hydrogen-bond donors (Lipinski definition) is 1. The summed E-state index contributed by atoms with van der Waals surface area (Å²) in [6.45, 7) is 0. The molecule has 3 aromatic rings. The molecule has 17 heavy (non-hydrogen) atoms. The van der Waals surface area contributed by atoms with E-state index in [9.17, 15) is 4.79 Å². The molecule has 1 aliphatic rings. The van der Waals surface area contributed by atoms with E-state index in [4.69, 9.17) is 0 Å². The van der Waals surface area contributed by atoms with Crippen molar-refractivity contribution in [3.05, 3.63) is 47.0 Å². The van der Waals surface area contributed by atoms with Gasteiger partial charge in [0.15, 0.2) is 0 Å². The molecule has 1 aliphatic heterocycles. The van der Waals surface area contributed by atoms with Crippen molar-refractivity contribution < 1.29 is 4.79 Å². The first-order valence-corrected chi connectivity index (χ1v) is 5.47. The Balaban J connectivity index is 2.41. The Hall–Kier alpha value is -2.42. The Kier molecular flexibility index (Phi) is 1.45. The number of carbonyl (C=O) groups is 1. The second-order valence-electron chi connectivity index (χ2n) is 4.19. The molecule has 0 bridgehead atoms. The average molecular weight is 220 g/mol. The largest absolute Gasteiger partial charge is 0.354 e. The van der Waals surface area contributed by atoms with Crippen LogP contribution in [0.25, 0.3) is 27.9 Å². The second-order valence-corrected chi connectivity index (χ2v) is 4.19. The zero-order valence-electron chi connectivity index (χ0n) is 8.90. The van der Waals surface area contributed by atoms with Crippen molar-refractivity contribution in [2.45, 2.75) is 0 Å². The number of H-pyrrole nitrogens is 1. The number of benzene rings is 2. The second kappa shape index (κ2) is 2.83. The number of rotatable bonds is 0. The standard InChI is InChI=1S/C14H8N2O/c17-12-7-8-5-6-11-13(14(8)16-12)9-3-1-2-4-10(9)15-11/h1-7,15H. The van der Waals surface area contributed by atoms with E-state index in [1.54, 1.807) is 6.08 Å². The van der Waals surface area contributed by atoms with Gasteiger partial charge in [0.25, 0.3) is 5.91 Å². The topological polar surface area (TPSA) is 45.2 Å². The van der Waals surface area contributed by atoms with E-state index in [2.05, 4.69) is 9.98 Å². The van der Waals surface area contributed by atoms with Crippen LogP contribution < -0.4 is 10.6 Å². The minimum Gasteiger partial charge on any atom is -0.354 e. The summed E-state index contributed by atoms with van der Waals surface area (Å²) in [7, 11) is 0. The highest BCUT2D eigenvalue weighted by atomic mass is 16.1. The summed E-state index contributed by atoms with van der Waals surface area (Å²) >= 11 is 0. The molecule has 2 heterocycles. The van der Waals surface area contributed by atoms with Crippen LogP contribution in [0.15, 0.2) is 41.4 Å². The molecule has 1 N–H and O–H groups in total. The van der Waals surface area contributed by atoms with Crippen molar-refractivity contribution in [2.24, 2.45) is 4.99 Å². The number of carbonyl (C=O) groups excluding carboxylic acids is 1. The lowest BCUT2D eigenvalue weighted by atomic mass is 10.1. The van der Waals surface area contributed by atoms with Crippen molar-refractivity contribution in [1.82, 2.24) is 4.98 Å². The van der Waals surface area contributed by atoms with Crippen LogP contribution >= 0.6 is 0 Å². The van der Waals surface area contributed by atoms with Gasteiger partial charge in [-0.25, -0.2) is 4.99 Å². The molecule has 0 atom stereocenters. The van der Waals surface area contributed by atoms with Gasteiger partial charge in [0.05, 0.1) is 5.36 Å². The van der Waals surface area contributed by atoms with Gasteiger partial charge in [-0.2, -0.15) is 0 Å². The molecule has 0 spiro atoms.